The monoisotopic (exact) mass is 156 g/mol. The molecule has 1 unspecified atom stereocenters. The quantitative estimate of drug-likeness (QED) is 0.627. The summed E-state index contributed by atoms with van der Waals surface area (Å²) in [4.78, 5) is 11.0. The Kier molecular flexibility index (Phi) is 3.46. The van der Waals surface area contributed by atoms with Gasteiger partial charge in [0, 0.05) is 5.41 Å². The first kappa shape index (κ1) is 10.4. The molecule has 0 bridgehead atoms. The second-order valence-corrected chi connectivity index (χ2v) is 3.32. The van der Waals surface area contributed by atoms with Gasteiger partial charge < -0.3 is 5.11 Å². The molecule has 0 amide bonds. The van der Waals surface area contributed by atoms with Gasteiger partial charge in [0.2, 0.25) is 0 Å². The van der Waals surface area contributed by atoms with Gasteiger partial charge in [0.05, 0.1) is 6.10 Å². The third-order valence-electron chi connectivity index (χ3n) is 2.13. The SMILES string of the molecule is C=CCC(O)C(C)(C)C(C)=O. The zero-order valence-corrected chi connectivity index (χ0v) is 7.42. The standard InChI is InChI=1S/C9H16O2/c1-5-6-8(11)9(3,4)7(2)10/h5,8,11H,1,6H2,2-4H3. The molecule has 11 heavy (non-hydrogen) atoms. The summed E-state index contributed by atoms with van der Waals surface area (Å²) in [7, 11) is 0. The first-order valence-corrected chi connectivity index (χ1v) is 3.73. The van der Waals surface area contributed by atoms with Gasteiger partial charge in [-0.3, -0.25) is 4.79 Å². The Balaban J connectivity index is 4.28. The van der Waals surface area contributed by atoms with Crippen molar-refractivity contribution in [2.75, 3.05) is 0 Å². The number of hydrogen-bond acceptors (Lipinski definition) is 2. The van der Waals surface area contributed by atoms with Crippen LogP contribution in [0.3, 0.4) is 0 Å². The summed E-state index contributed by atoms with van der Waals surface area (Å²) in [6.07, 6.45) is 1.47. The normalized spacial score (nSPS) is 14.2. The summed E-state index contributed by atoms with van der Waals surface area (Å²) in [6.45, 7) is 8.47. The molecule has 0 aliphatic rings. The molecule has 0 aliphatic heterocycles. The molecule has 0 saturated heterocycles. The van der Waals surface area contributed by atoms with E-state index in [4.69, 9.17) is 0 Å². The Morgan fingerprint density at radius 2 is 2.18 bits per heavy atom. The summed E-state index contributed by atoms with van der Waals surface area (Å²) < 4.78 is 0. The Bertz CT molecular complexity index is 159. The number of Topliss-reactive ketones (excluding diaryl/α,β-unsaturated/α-hetero) is 1. The molecule has 2 heteroatoms. The lowest BCUT2D eigenvalue weighted by Crippen LogP contribution is -2.35. The second kappa shape index (κ2) is 3.67. The van der Waals surface area contributed by atoms with Crippen LogP contribution in [0.2, 0.25) is 0 Å². The first-order chi connectivity index (χ1) is 4.92. The number of rotatable bonds is 4. The Labute approximate surface area is 67.9 Å². The van der Waals surface area contributed by atoms with Gasteiger partial charge in [0.25, 0.3) is 0 Å². The molecule has 2 nitrogen and oxygen atoms in total. The van der Waals surface area contributed by atoms with Crippen molar-refractivity contribution in [1.29, 1.82) is 0 Å². The smallest absolute Gasteiger partial charge is 0.138 e. The minimum Gasteiger partial charge on any atom is -0.392 e. The highest BCUT2D eigenvalue weighted by molar-refractivity contribution is 5.82. The molecule has 0 fully saturated rings. The fourth-order valence-electron chi connectivity index (χ4n) is 0.687. The van der Waals surface area contributed by atoms with Gasteiger partial charge in [0.15, 0.2) is 0 Å². The van der Waals surface area contributed by atoms with Crippen LogP contribution in [0.5, 0.6) is 0 Å². The number of aliphatic hydroxyl groups is 1. The molecule has 0 aromatic carbocycles. The molecule has 0 heterocycles. The molecule has 0 spiro atoms. The van der Waals surface area contributed by atoms with Gasteiger partial charge in [0.1, 0.15) is 5.78 Å². The van der Waals surface area contributed by atoms with E-state index in [1.54, 1.807) is 19.9 Å². The average Bonchev–Trinajstić information content (AvgIpc) is 1.88. The van der Waals surface area contributed by atoms with Gasteiger partial charge in [-0.1, -0.05) is 19.9 Å². The van der Waals surface area contributed by atoms with Crippen LogP contribution in [0.1, 0.15) is 27.2 Å². The highest BCUT2D eigenvalue weighted by atomic mass is 16.3. The predicted octanol–water partition coefficient (Wildman–Crippen LogP) is 1.54. The number of aliphatic hydroxyl groups excluding tert-OH is 1. The highest BCUT2D eigenvalue weighted by Crippen LogP contribution is 2.23. The van der Waals surface area contributed by atoms with Crippen molar-refractivity contribution >= 4 is 5.78 Å². The number of hydrogen-bond donors (Lipinski definition) is 1. The van der Waals surface area contributed by atoms with E-state index in [0.29, 0.717) is 6.42 Å². The van der Waals surface area contributed by atoms with Crippen molar-refractivity contribution in [3.05, 3.63) is 12.7 Å². The molecule has 0 aromatic rings. The lowest BCUT2D eigenvalue weighted by atomic mass is 9.81. The maximum atomic E-state index is 11.0. The van der Waals surface area contributed by atoms with Gasteiger partial charge in [-0.15, -0.1) is 6.58 Å². The van der Waals surface area contributed by atoms with E-state index < -0.39 is 11.5 Å². The van der Waals surface area contributed by atoms with Crippen LogP contribution >= 0.6 is 0 Å². The molecule has 0 saturated carbocycles. The summed E-state index contributed by atoms with van der Waals surface area (Å²) in [5.41, 5.74) is -0.645. The second-order valence-electron chi connectivity index (χ2n) is 3.32. The zero-order chi connectivity index (χ0) is 9.07. The summed E-state index contributed by atoms with van der Waals surface area (Å²) in [5.74, 6) is 0.00634. The van der Waals surface area contributed by atoms with Crippen molar-refractivity contribution < 1.29 is 9.90 Å². The Morgan fingerprint density at radius 3 is 2.45 bits per heavy atom. The minimum atomic E-state index is -0.645. The van der Waals surface area contributed by atoms with Gasteiger partial charge in [-0.25, -0.2) is 0 Å². The van der Waals surface area contributed by atoms with Crippen molar-refractivity contribution in [3.63, 3.8) is 0 Å². The fraction of sp³-hybridized carbons (Fsp3) is 0.667. The van der Waals surface area contributed by atoms with Crippen LogP contribution in [0.4, 0.5) is 0 Å². The number of ketones is 1. The highest BCUT2D eigenvalue weighted by Gasteiger charge is 2.31. The largest absolute Gasteiger partial charge is 0.392 e. The zero-order valence-electron chi connectivity index (χ0n) is 7.42. The molecular weight excluding hydrogens is 140 g/mol. The van der Waals surface area contributed by atoms with E-state index in [1.807, 2.05) is 0 Å². The van der Waals surface area contributed by atoms with Crippen molar-refractivity contribution in [3.8, 4) is 0 Å². The van der Waals surface area contributed by atoms with Crippen LogP contribution < -0.4 is 0 Å². The number of carbonyl (C=O) groups excluding carboxylic acids is 1. The van der Waals surface area contributed by atoms with Crippen LogP contribution in [-0.2, 0) is 4.79 Å². The fourth-order valence-corrected chi connectivity index (χ4v) is 0.687. The Hall–Kier alpha value is -0.630. The van der Waals surface area contributed by atoms with Gasteiger partial charge in [-0.05, 0) is 13.3 Å². The van der Waals surface area contributed by atoms with E-state index in [9.17, 15) is 9.90 Å². The average molecular weight is 156 g/mol. The van der Waals surface area contributed by atoms with Crippen molar-refractivity contribution in [1.82, 2.24) is 0 Å². The molecule has 1 N–H and O–H groups in total. The van der Waals surface area contributed by atoms with E-state index >= 15 is 0 Å². The summed E-state index contributed by atoms with van der Waals surface area (Å²) >= 11 is 0. The van der Waals surface area contributed by atoms with E-state index in [0.717, 1.165) is 0 Å². The van der Waals surface area contributed by atoms with Crippen LogP contribution in [-0.4, -0.2) is 17.0 Å². The molecular formula is C9H16O2. The molecule has 0 rings (SSSR count). The van der Waals surface area contributed by atoms with E-state index in [1.165, 1.54) is 6.92 Å². The summed E-state index contributed by atoms with van der Waals surface area (Å²) in [6, 6.07) is 0. The maximum Gasteiger partial charge on any atom is 0.138 e. The topological polar surface area (TPSA) is 37.3 Å². The molecule has 0 aliphatic carbocycles. The molecule has 1 atom stereocenters. The van der Waals surface area contributed by atoms with Crippen molar-refractivity contribution in [2.45, 2.75) is 33.3 Å². The lowest BCUT2D eigenvalue weighted by Gasteiger charge is -2.26. The van der Waals surface area contributed by atoms with Gasteiger partial charge in [-0.2, -0.15) is 0 Å². The lowest BCUT2D eigenvalue weighted by molar-refractivity contribution is -0.130. The van der Waals surface area contributed by atoms with Crippen LogP contribution in [0, 0.1) is 5.41 Å². The Morgan fingerprint density at radius 1 is 1.73 bits per heavy atom. The van der Waals surface area contributed by atoms with Gasteiger partial charge >= 0.3 is 0 Å². The minimum absolute atomic E-state index is 0.00634. The van der Waals surface area contributed by atoms with E-state index in [2.05, 4.69) is 6.58 Å². The molecule has 0 aromatic heterocycles. The molecule has 64 valence electrons. The van der Waals surface area contributed by atoms with Crippen LogP contribution in [0.25, 0.3) is 0 Å². The maximum absolute atomic E-state index is 11.0. The van der Waals surface area contributed by atoms with Crippen LogP contribution in [0.15, 0.2) is 12.7 Å². The third-order valence-corrected chi connectivity index (χ3v) is 2.13. The number of carbonyl (C=O) groups is 1. The third kappa shape index (κ3) is 2.46. The summed E-state index contributed by atoms with van der Waals surface area (Å²) in [5, 5.41) is 9.46. The first-order valence-electron chi connectivity index (χ1n) is 3.73. The van der Waals surface area contributed by atoms with E-state index in [-0.39, 0.29) is 5.78 Å². The molecule has 0 radical (unpaired) electrons. The van der Waals surface area contributed by atoms with Crippen molar-refractivity contribution in [2.24, 2.45) is 5.41 Å². The predicted molar refractivity (Wildman–Crippen MR) is 45.3 cm³/mol.